The molecule has 2 rings (SSSR count). The van der Waals surface area contributed by atoms with E-state index in [1.54, 1.807) is 0 Å². The second-order valence-electron chi connectivity index (χ2n) is 4.57. The summed E-state index contributed by atoms with van der Waals surface area (Å²) in [6, 6.07) is 6.10. The van der Waals surface area contributed by atoms with Gasteiger partial charge in [-0.25, -0.2) is 0 Å². The minimum absolute atomic E-state index is 0.0700. The molecule has 0 heterocycles. The molecule has 0 saturated carbocycles. The van der Waals surface area contributed by atoms with Crippen molar-refractivity contribution < 1.29 is 27.0 Å². The number of nitrogens with one attached hydrogen (secondary N) is 1. The van der Waals surface area contributed by atoms with Crippen LogP contribution in [-0.4, -0.2) is 19.4 Å². The predicted molar refractivity (Wildman–Crippen MR) is 92.4 cm³/mol. The van der Waals surface area contributed by atoms with Crippen LogP contribution < -0.4 is 14.9 Å². The third-order valence-electron chi connectivity index (χ3n) is 2.81. The first-order valence-corrected chi connectivity index (χ1v) is 7.87. The Morgan fingerprint density at radius 1 is 0.923 bits per heavy atom. The summed E-state index contributed by atoms with van der Waals surface area (Å²) in [6.07, 6.45) is 1.12. The Bertz CT molecular complexity index is 783. The van der Waals surface area contributed by atoms with Gasteiger partial charge in [0, 0.05) is 16.7 Å². The molecule has 0 aromatic heterocycles. The Labute approximate surface area is 160 Å². The third-order valence-corrected chi connectivity index (χ3v) is 3.63. The molecule has 0 aliphatic rings. The maximum atomic E-state index is 12.5. The molecule has 2 aromatic rings. The van der Waals surface area contributed by atoms with Crippen molar-refractivity contribution in [1.82, 2.24) is 0 Å². The van der Waals surface area contributed by atoms with E-state index in [1.807, 2.05) is 0 Å². The topological polar surface area (TPSA) is 42.8 Å². The van der Waals surface area contributed by atoms with Crippen LogP contribution in [-0.2, 0) is 0 Å². The van der Waals surface area contributed by atoms with E-state index >= 15 is 0 Å². The lowest BCUT2D eigenvalue weighted by Gasteiger charge is -2.11. The molecule has 0 atom stereocenters. The molecule has 0 amide bonds. The number of nitrogens with zero attached hydrogens (tertiary/aromatic N) is 1. The number of anilines is 1. The Morgan fingerprint density at radius 3 is 2.12 bits per heavy atom. The van der Waals surface area contributed by atoms with Gasteiger partial charge in [0.05, 0.1) is 21.9 Å². The standard InChI is InChI=1S/C15H9Cl3F4N2O2/c16-8-3-10(17)13(11(18)4-8)24-23-6-7-1-2-9(25-14(19)20)5-12(7)26-15(21)22/h1-6,14-15,24H/b23-6+. The number of hydrogen-bond acceptors (Lipinski definition) is 4. The molecule has 0 unspecified atom stereocenters. The highest BCUT2D eigenvalue weighted by molar-refractivity contribution is 6.41. The molecular weight excluding hydrogens is 423 g/mol. The molecule has 26 heavy (non-hydrogen) atoms. The van der Waals surface area contributed by atoms with Crippen molar-refractivity contribution in [2.24, 2.45) is 5.10 Å². The molecule has 0 radical (unpaired) electrons. The van der Waals surface area contributed by atoms with Crippen molar-refractivity contribution in [2.45, 2.75) is 13.2 Å². The third kappa shape index (κ3) is 5.82. The second-order valence-corrected chi connectivity index (χ2v) is 5.82. The summed E-state index contributed by atoms with van der Waals surface area (Å²) in [4.78, 5) is 0. The van der Waals surface area contributed by atoms with Gasteiger partial charge in [0.25, 0.3) is 0 Å². The largest absolute Gasteiger partial charge is 0.435 e. The van der Waals surface area contributed by atoms with E-state index in [-0.39, 0.29) is 27.0 Å². The Balaban J connectivity index is 2.23. The van der Waals surface area contributed by atoms with Gasteiger partial charge in [-0.3, -0.25) is 5.43 Å². The zero-order valence-electron chi connectivity index (χ0n) is 12.5. The molecule has 4 nitrogen and oxygen atoms in total. The lowest BCUT2D eigenvalue weighted by atomic mass is 10.2. The highest BCUT2D eigenvalue weighted by Crippen LogP contribution is 2.33. The van der Waals surface area contributed by atoms with Gasteiger partial charge in [0.2, 0.25) is 0 Å². The van der Waals surface area contributed by atoms with Crippen LogP contribution in [0.5, 0.6) is 11.5 Å². The van der Waals surface area contributed by atoms with E-state index in [9.17, 15) is 17.6 Å². The SMILES string of the molecule is FC(F)Oc1ccc(/C=N/Nc2c(Cl)cc(Cl)cc2Cl)c(OC(F)F)c1. The maximum Gasteiger partial charge on any atom is 0.387 e. The number of ether oxygens (including phenoxy) is 2. The summed E-state index contributed by atoms with van der Waals surface area (Å²) in [5, 5.41) is 4.51. The Hall–Kier alpha value is -1.90. The van der Waals surface area contributed by atoms with E-state index in [0.717, 1.165) is 18.3 Å². The van der Waals surface area contributed by atoms with Gasteiger partial charge in [0.15, 0.2) is 0 Å². The lowest BCUT2D eigenvalue weighted by molar-refractivity contribution is -0.0543. The van der Waals surface area contributed by atoms with Crippen LogP contribution in [0.25, 0.3) is 0 Å². The fourth-order valence-electron chi connectivity index (χ4n) is 1.81. The Kier molecular flexibility index (Phi) is 7.19. The fourth-order valence-corrected chi connectivity index (χ4v) is 2.71. The van der Waals surface area contributed by atoms with Gasteiger partial charge in [-0.1, -0.05) is 34.8 Å². The summed E-state index contributed by atoms with van der Waals surface area (Å²) in [5.41, 5.74) is 2.85. The van der Waals surface area contributed by atoms with Crippen LogP contribution >= 0.6 is 34.8 Å². The molecule has 140 valence electrons. The molecular formula is C15H9Cl3F4N2O2. The first-order chi connectivity index (χ1) is 12.3. The van der Waals surface area contributed by atoms with Crippen molar-refractivity contribution in [3.63, 3.8) is 0 Å². The molecule has 0 saturated heterocycles. The van der Waals surface area contributed by atoms with Crippen LogP contribution in [0.4, 0.5) is 23.2 Å². The normalized spacial score (nSPS) is 11.4. The van der Waals surface area contributed by atoms with Crippen LogP contribution in [0.3, 0.4) is 0 Å². The van der Waals surface area contributed by atoms with Gasteiger partial charge in [0.1, 0.15) is 11.5 Å². The molecule has 0 bridgehead atoms. The average Bonchev–Trinajstić information content (AvgIpc) is 2.50. The highest BCUT2D eigenvalue weighted by atomic mass is 35.5. The molecule has 2 aromatic carbocycles. The number of hydrazone groups is 1. The molecule has 0 aliphatic carbocycles. The summed E-state index contributed by atoms with van der Waals surface area (Å²) in [6.45, 7) is -6.28. The van der Waals surface area contributed by atoms with E-state index in [2.05, 4.69) is 20.0 Å². The van der Waals surface area contributed by atoms with E-state index in [4.69, 9.17) is 34.8 Å². The van der Waals surface area contributed by atoms with Crippen molar-refractivity contribution in [1.29, 1.82) is 0 Å². The zero-order chi connectivity index (χ0) is 19.3. The van der Waals surface area contributed by atoms with Crippen LogP contribution in [0.2, 0.25) is 15.1 Å². The number of hydrogen-bond donors (Lipinski definition) is 1. The van der Waals surface area contributed by atoms with E-state index < -0.39 is 19.0 Å². The van der Waals surface area contributed by atoms with E-state index in [1.165, 1.54) is 18.2 Å². The summed E-state index contributed by atoms with van der Waals surface area (Å²) < 4.78 is 57.9. The Morgan fingerprint density at radius 2 is 1.54 bits per heavy atom. The zero-order valence-corrected chi connectivity index (χ0v) is 14.8. The lowest BCUT2D eigenvalue weighted by Crippen LogP contribution is -2.07. The van der Waals surface area contributed by atoms with Crippen molar-refractivity contribution in [3.8, 4) is 11.5 Å². The van der Waals surface area contributed by atoms with Crippen molar-refractivity contribution >= 4 is 46.7 Å². The van der Waals surface area contributed by atoms with Gasteiger partial charge in [-0.05, 0) is 24.3 Å². The summed E-state index contributed by atoms with van der Waals surface area (Å²) in [5.74, 6) is -0.749. The monoisotopic (exact) mass is 430 g/mol. The quantitative estimate of drug-likeness (QED) is 0.318. The smallest absolute Gasteiger partial charge is 0.387 e. The minimum atomic E-state index is -3.17. The van der Waals surface area contributed by atoms with Crippen LogP contribution in [0, 0.1) is 0 Å². The molecule has 11 heteroatoms. The van der Waals surface area contributed by atoms with Gasteiger partial charge in [-0.15, -0.1) is 0 Å². The molecule has 1 N–H and O–H groups in total. The highest BCUT2D eigenvalue weighted by Gasteiger charge is 2.13. The van der Waals surface area contributed by atoms with Gasteiger partial charge in [-0.2, -0.15) is 22.7 Å². The number of rotatable bonds is 7. The number of benzene rings is 2. The summed E-state index contributed by atoms with van der Waals surface area (Å²) >= 11 is 17.7. The predicted octanol–water partition coefficient (Wildman–Crippen LogP) is 6.30. The van der Waals surface area contributed by atoms with Gasteiger partial charge >= 0.3 is 13.2 Å². The second kappa shape index (κ2) is 9.16. The van der Waals surface area contributed by atoms with Crippen LogP contribution in [0.1, 0.15) is 5.56 Å². The van der Waals surface area contributed by atoms with Crippen molar-refractivity contribution in [3.05, 3.63) is 51.0 Å². The number of halogens is 7. The van der Waals surface area contributed by atoms with E-state index in [0.29, 0.717) is 5.02 Å². The number of alkyl halides is 4. The average molecular weight is 432 g/mol. The molecule has 0 aliphatic heterocycles. The first-order valence-electron chi connectivity index (χ1n) is 6.73. The first kappa shape index (κ1) is 20.4. The van der Waals surface area contributed by atoms with Crippen LogP contribution in [0.15, 0.2) is 35.4 Å². The molecule has 0 spiro atoms. The van der Waals surface area contributed by atoms with Gasteiger partial charge < -0.3 is 9.47 Å². The summed E-state index contributed by atoms with van der Waals surface area (Å²) in [7, 11) is 0. The maximum absolute atomic E-state index is 12.5. The fraction of sp³-hybridized carbons (Fsp3) is 0.133. The molecule has 0 fully saturated rings. The van der Waals surface area contributed by atoms with Crippen molar-refractivity contribution in [2.75, 3.05) is 5.43 Å². The minimum Gasteiger partial charge on any atom is -0.435 e.